The number of rotatable bonds is 9. The Labute approximate surface area is 203 Å². The Kier molecular flexibility index (Phi) is 8.24. The molecular weight excluding hydrogens is 428 g/mol. The van der Waals surface area contributed by atoms with Crippen LogP contribution < -0.4 is 0 Å². The summed E-state index contributed by atoms with van der Waals surface area (Å²) >= 11 is 1.79. The van der Waals surface area contributed by atoms with Crippen molar-refractivity contribution in [3.05, 3.63) is 57.3 Å². The van der Waals surface area contributed by atoms with E-state index in [-0.39, 0.29) is 24.4 Å². The van der Waals surface area contributed by atoms with Crippen molar-refractivity contribution in [2.75, 3.05) is 19.6 Å². The molecule has 1 aliphatic carbocycles. The third-order valence-corrected chi connectivity index (χ3v) is 8.38. The third kappa shape index (κ3) is 5.87. The van der Waals surface area contributed by atoms with Gasteiger partial charge < -0.3 is 9.80 Å². The average molecular weight is 467 g/mol. The maximum Gasteiger partial charge on any atom is 0.242 e. The summed E-state index contributed by atoms with van der Waals surface area (Å²) in [6.45, 7) is 5.82. The van der Waals surface area contributed by atoms with Crippen molar-refractivity contribution in [3.63, 3.8) is 0 Å². The van der Waals surface area contributed by atoms with Gasteiger partial charge in [-0.3, -0.25) is 9.59 Å². The standard InChI is InChI=1S/C28H38N2O2S/c1-3-4-17-29(26(31)14-11-22-7-5-6-8-22)20-27(32)30-18-15-25-24(16-19-33-25)28(30)23-12-9-21(2)10-13-23/h9-10,12-13,16,19,22,28H,3-8,11,14-15,17-18,20H2,1-2H3. The molecule has 1 saturated carbocycles. The highest BCUT2D eigenvalue weighted by Gasteiger charge is 2.34. The van der Waals surface area contributed by atoms with Crippen LogP contribution in [-0.2, 0) is 16.0 Å². The number of carbonyl (C=O) groups excluding carboxylic acids is 2. The van der Waals surface area contributed by atoms with Gasteiger partial charge >= 0.3 is 0 Å². The van der Waals surface area contributed by atoms with Crippen LogP contribution in [0.4, 0.5) is 0 Å². The molecule has 178 valence electrons. The summed E-state index contributed by atoms with van der Waals surface area (Å²) in [5.41, 5.74) is 3.62. The molecule has 0 radical (unpaired) electrons. The van der Waals surface area contributed by atoms with Gasteiger partial charge in [-0.2, -0.15) is 0 Å². The summed E-state index contributed by atoms with van der Waals surface area (Å²) in [6, 6.07) is 10.7. The van der Waals surface area contributed by atoms with E-state index in [2.05, 4.69) is 49.6 Å². The smallest absolute Gasteiger partial charge is 0.242 e. The van der Waals surface area contributed by atoms with Gasteiger partial charge in [-0.25, -0.2) is 0 Å². The molecule has 1 unspecified atom stereocenters. The highest BCUT2D eigenvalue weighted by Crippen LogP contribution is 2.38. The number of unbranched alkanes of at least 4 members (excludes halogenated alkanes) is 1. The first kappa shape index (κ1) is 24.0. The molecule has 0 N–H and O–H groups in total. The van der Waals surface area contributed by atoms with E-state index in [1.807, 2.05) is 9.80 Å². The van der Waals surface area contributed by atoms with Gasteiger partial charge in [0.05, 0.1) is 12.6 Å². The molecule has 4 rings (SSSR count). The molecule has 4 nitrogen and oxygen atoms in total. The van der Waals surface area contributed by atoms with E-state index in [0.717, 1.165) is 31.2 Å². The molecule has 2 aliphatic rings. The molecule has 0 bridgehead atoms. The Morgan fingerprint density at radius 2 is 1.88 bits per heavy atom. The Hall–Kier alpha value is -2.14. The molecule has 0 saturated heterocycles. The lowest BCUT2D eigenvalue weighted by atomic mass is 9.92. The maximum absolute atomic E-state index is 13.7. The summed E-state index contributed by atoms with van der Waals surface area (Å²) in [5, 5.41) is 2.14. The van der Waals surface area contributed by atoms with Gasteiger partial charge in [0, 0.05) is 24.4 Å². The zero-order valence-corrected chi connectivity index (χ0v) is 21.0. The summed E-state index contributed by atoms with van der Waals surface area (Å²) < 4.78 is 0. The lowest BCUT2D eigenvalue weighted by Crippen LogP contribution is -2.47. The Balaban J connectivity index is 1.49. The molecule has 5 heteroatoms. The second kappa shape index (κ2) is 11.3. The molecule has 0 spiro atoms. The minimum Gasteiger partial charge on any atom is -0.333 e. The van der Waals surface area contributed by atoms with Crippen molar-refractivity contribution >= 4 is 23.2 Å². The fraction of sp³-hybridized carbons (Fsp3) is 0.571. The Morgan fingerprint density at radius 3 is 2.61 bits per heavy atom. The lowest BCUT2D eigenvalue weighted by Gasteiger charge is -2.37. The first-order valence-electron chi connectivity index (χ1n) is 12.8. The lowest BCUT2D eigenvalue weighted by molar-refractivity contribution is -0.142. The predicted molar refractivity (Wildman–Crippen MR) is 135 cm³/mol. The SMILES string of the molecule is CCCCN(CC(=O)N1CCc2sccc2C1c1ccc(C)cc1)C(=O)CCC1CCCC1. The molecule has 1 aliphatic heterocycles. The minimum atomic E-state index is -0.0604. The van der Waals surface area contributed by atoms with Crippen molar-refractivity contribution < 1.29 is 9.59 Å². The largest absolute Gasteiger partial charge is 0.333 e. The van der Waals surface area contributed by atoms with E-state index in [4.69, 9.17) is 0 Å². The van der Waals surface area contributed by atoms with Crippen LogP contribution in [0.25, 0.3) is 0 Å². The van der Waals surface area contributed by atoms with E-state index in [1.165, 1.54) is 41.7 Å². The summed E-state index contributed by atoms with van der Waals surface area (Å²) in [4.78, 5) is 32.0. The van der Waals surface area contributed by atoms with Crippen LogP contribution in [-0.4, -0.2) is 41.2 Å². The van der Waals surface area contributed by atoms with Crippen molar-refractivity contribution in [1.29, 1.82) is 0 Å². The van der Waals surface area contributed by atoms with E-state index < -0.39 is 0 Å². The number of thiophene rings is 1. The molecule has 1 aromatic carbocycles. The van der Waals surface area contributed by atoms with Crippen LogP contribution in [0.3, 0.4) is 0 Å². The first-order valence-corrected chi connectivity index (χ1v) is 13.6. The Bertz CT molecular complexity index is 930. The van der Waals surface area contributed by atoms with Gasteiger partial charge in [-0.05, 0) is 54.7 Å². The first-order chi connectivity index (χ1) is 16.1. The number of aryl methyl sites for hydroxylation is 1. The minimum absolute atomic E-state index is 0.0604. The van der Waals surface area contributed by atoms with Crippen LogP contribution >= 0.6 is 11.3 Å². The fourth-order valence-electron chi connectivity index (χ4n) is 5.37. The van der Waals surface area contributed by atoms with Crippen molar-refractivity contribution in [2.24, 2.45) is 5.92 Å². The number of hydrogen-bond acceptors (Lipinski definition) is 3. The highest BCUT2D eigenvalue weighted by molar-refractivity contribution is 7.10. The number of benzene rings is 1. The maximum atomic E-state index is 13.7. The van der Waals surface area contributed by atoms with Gasteiger partial charge in [0.1, 0.15) is 0 Å². The van der Waals surface area contributed by atoms with Crippen molar-refractivity contribution in [2.45, 2.75) is 77.7 Å². The summed E-state index contributed by atoms with van der Waals surface area (Å²) in [6.07, 6.45) is 9.54. The topological polar surface area (TPSA) is 40.6 Å². The number of amides is 2. The monoisotopic (exact) mass is 466 g/mol. The Morgan fingerprint density at radius 1 is 1.12 bits per heavy atom. The molecule has 1 fully saturated rings. The zero-order chi connectivity index (χ0) is 23.2. The molecule has 2 amide bonds. The molecular formula is C28H38N2O2S. The molecule has 2 heterocycles. The quantitative estimate of drug-likeness (QED) is 0.446. The van der Waals surface area contributed by atoms with E-state index in [0.29, 0.717) is 25.4 Å². The normalized spacial score (nSPS) is 18.4. The number of fused-ring (bicyclic) bond motifs is 1. The summed E-state index contributed by atoms with van der Waals surface area (Å²) in [5.74, 6) is 0.925. The van der Waals surface area contributed by atoms with Crippen molar-refractivity contribution in [1.82, 2.24) is 9.80 Å². The van der Waals surface area contributed by atoms with Gasteiger partial charge in [0.25, 0.3) is 0 Å². The van der Waals surface area contributed by atoms with E-state index in [9.17, 15) is 9.59 Å². The second-order valence-corrected chi connectivity index (χ2v) is 10.8. The third-order valence-electron chi connectivity index (χ3n) is 7.38. The van der Waals surface area contributed by atoms with Crippen LogP contribution in [0.15, 0.2) is 35.7 Å². The van der Waals surface area contributed by atoms with Crippen LogP contribution in [0.1, 0.15) is 85.9 Å². The van der Waals surface area contributed by atoms with Gasteiger partial charge in [-0.1, -0.05) is 68.9 Å². The van der Waals surface area contributed by atoms with E-state index >= 15 is 0 Å². The number of nitrogens with zero attached hydrogens (tertiary/aromatic N) is 2. The fourth-order valence-corrected chi connectivity index (χ4v) is 6.28. The van der Waals surface area contributed by atoms with Crippen LogP contribution in [0.5, 0.6) is 0 Å². The van der Waals surface area contributed by atoms with Gasteiger partial charge in [0.2, 0.25) is 11.8 Å². The van der Waals surface area contributed by atoms with Gasteiger partial charge in [0.15, 0.2) is 0 Å². The molecule has 33 heavy (non-hydrogen) atoms. The summed E-state index contributed by atoms with van der Waals surface area (Å²) in [7, 11) is 0. The number of hydrogen-bond donors (Lipinski definition) is 0. The van der Waals surface area contributed by atoms with Gasteiger partial charge in [-0.15, -0.1) is 11.3 Å². The molecule has 1 aromatic heterocycles. The second-order valence-electron chi connectivity index (χ2n) is 9.81. The van der Waals surface area contributed by atoms with E-state index in [1.54, 1.807) is 11.3 Å². The molecule has 2 aromatic rings. The molecule has 1 atom stereocenters. The average Bonchev–Trinajstić information content (AvgIpc) is 3.52. The number of carbonyl (C=O) groups is 2. The predicted octanol–water partition coefficient (Wildman–Crippen LogP) is 6.13. The highest BCUT2D eigenvalue weighted by atomic mass is 32.1. The van der Waals surface area contributed by atoms with Crippen LogP contribution in [0, 0.1) is 12.8 Å². The van der Waals surface area contributed by atoms with Crippen LogP contribution in [0.2, 0.25) is 0 Å². The zero-order valence-electron chi connectivity index (χ0n) is 20.2. The van der Waals surface area contributed by atoms with Crippen molar-refractivity contribution in [3.8, 4) is 0 Å².